The molecular formula is C24H32N8. The van der Waals surface area contributed by atoms with Gasteiger partial charge >= 0.3 is 0 Å². The van der Waals surface area contributed by atoms with E-state index in [0.29, 0.717) is 17.6 Å². The molecule has 32 heavy (non-hydrogen) atoms. The molecule has 2 aliphatic heterocycles. The third kappa shape index (κ3) is 3.96. The first-order chi connectivity index (χ1) is 15.5. The standard InChI is InChI=1S/C24H32N8/c1-26-23-21(22(25)16-6-4-15(5-7-16)19-10-29-32(3)13-19)24(28-14-27-23)30-20-8-17-11-31(2)12-18(17)9-20/h4-7,13-14,17-18,20,25,29H,8-12H2,1-3H3,(H2,26,27,28,30). The van der Waals surface area contributed by atoms with E-state index >= 15 is 0 Å². The van der Waals surface area contributed by atoms with Crippen molar-refractivity contribution in [3.8, 4) is 0 Å². The maximum Gasteiger partial charge on any atom is 0.141 e. The number of nitrogens with one attached hydrogen (secondary N) is 4. The van der Waals surface area contributed by atoms with Crippen LogP contribution in [0.4, 0.5) is 11.6 Å². The average molecular weight is 433 g/mol. The first-order valence-corrected chi connectivity index (χ1v) is 11.4. The molecule has 4 N–H and O–H groups in total. The van der Waals surface area contributed by atoms with Crippen LogP contribution in [0.1, 0.15) is 29.5 Å². The van der Waals surface area contributed by atoms with Crippen molar-refractivity contribution in [1.82, 2.24) is 25.3 Å². The number of hydrogen-bond donors (Lipinski definition) is 4. The maximum absolute atomic E-state index is 8.99. The molecule has 8 nitrogen and oxygen atoms in total. The highest BCUT2D eigenvalue weighted by atomic mass is 15.5. The van der Waals surface area contributed by atoms with Crippen LogP contribution >= 0.6 is 0 Å². The first kappa shape index (κ1) is 20.9. The highest BCUT2D eigenvalue weighted by Crippen LogP contribution is 2.39. The molecule has 8 heteroatoms. The molecule has 2 unspecified atom stereocenters. The van der Waals surface area contributed by atoms with E-state index in [1.807, 2.05) is 31.2 Å². The second-order valence-electron chi connectivity index (χ2n) is 9.30. The van der Waals surface area contributed by atoms with Gasteiger partial charge in [0.2, 0.25) is 0 Å². The lowest BCUT2D eigenvalue weighted by atomic mass is 9.99. The van der Waals surface area contributed by atoms with Gasteiger partial charge in [-0.2, -0.15) is 0 Å². The molecule has 2 fully saturated rings. The molecular weight excluding hydrogens is 400 g/mol. The summed E-state index contributed by atoms with van der Waals surface area (Å²) in [7, 11) is 6.06. The van der Waals surface area contributed by atoms with Crippen LogP contribution in [-0.2, 0) is 0 Å². The van der Waals surface area contributed by atoms with Crippen molar-refractivity contribution in [3.05, 3.63) is 53.5 Å². The summed E-state index contributed by atoms with van der Waals surface area (Å²) in [5, 5.41) is 17.8. The van der Waals surface area contributed by atoms with Crippen LogP contribution in [0, 0.1) is 17.2 Å². The predicted molar refractivity (Wildman–Crippen MR) is 129 cm³/mol. The molecule has 0 radical (unpaired) electrons. The average Bonchev–Trinajstić information content (AvgIpc) is 3.47. The number of likely N-dealkylation sites (tertiary alicyclic amines) is 1. The monoisotopic (exact) mass is 432 g/mol. The molecule has 3 heterocycles. The summed E-state index contributed by atoms with van der Waals surface area (Å²) in [5.74, 6) is 2.95. The lowest BCUT2D eigenvalue weighted by Gasteiger charge is -2.20. The van der Waals surface area contributed by atoms with Gasteiger partial charge in [0, 0.05) is 51.5 Å². The number of rotatable bonds is 6. The lowest BCUT2D eigenvalue weighted by Crippen LogP contribution is -2.24. The topological polar surface area (TPSA) is 92.2 Å². The summed E-state index contributed by atoms with van der Waals surface area (Å²) in [6, 6.07) is 8.60. The summed E-state index contributed by atoms with van der Waals surface area (Å²) in [6.07, 6.45) is 5.99. The SMILES string of the molecule is CNc1ncnc(NC2CC3CN(C)CC3C2)c1C(=N)c1ccc(C2=CN(C)NC2)cc1. The lowest BCUT2D eigenvalue weighted by molar-refractivity contribution is 0.374. The van der Waals surface area contributed by atoms with Crippen LogP contribution in [0.5, 0.6) is 0 Å². The van der Waals surface area contributed by atoms with E-state index in [1.165, 1.54) is 18.7 Å². The van der Waals surface area contributed by atoms with Crippen molar-refractivity contribution in [2.75, 3.05) is 51.4 Å². The molecule has 1 saturated heterocycles. The van der Waals surface area contributed by atoms with Crippen LogP contribution in [0.15, 0.2) is 36.8 Å². The molecule has 5 rings (SSSR count). The number of benzene rings is 1. The molecule has 0 amide bonds. The Hall–Kier alpha value is -2.97. The largest absolute Gasteiger partial charge is 0.372 e. The molecule has 0 bridgehead atoms. The molecule has 1 saturated carbocycles. The quantitative estimate of drug-likeness (QED) is 0.521. The Morgan fingerprint density at radius 2 is 1.75 bits per heavy atom. The Morgan fingerprint density at radius 3 is 2.38 bits per heavy atom. The van der Waals surface area contributed by atoms with Gasteiger partial charge in [0.25, 0.3) is 0 Å². The minimum Gasteiger partial charge on any atom is -0.372 e. The van der Waals surface area contributed by atoms with Crippen LogP contribution in [0.2, 0.25) is 0 Å². The van der Waals surface area contributed by atoms with Gasteiger partial charge in [0.1, 0.15) is 18.0 Å². The number of anilines is 2. The van der Waals surface area contributed by atoms with Crippen molar-refractivity contribution in [2.24, 2.45) is 11.8 Å². The third-order valence-electron chi connectivity index (χ3n) is 7.02. The normalized spacial score (nSPS) is 25.0. The second kappa shape index (κ2) is 8.52. The van der Waals surface area contributed by atoms with E-state index in [2.05, 4.69) is 56.3 Å². The van der Waals surface area contributed by atoms with Gasteiger partial charge in [-0.1, -0.05) is 24.3 Å². The summed E-state index contributed by atoms with van der Waals surface area (Å²) in [5.41, 5.74) is 7.69. The molecule has 1 aromatic carbocycles. The van der Waals surface area contributed by atoms with E-state index in [4.69, 9.17) is 5.41 Å². The van der Waals surface area contributed by atoms with Crippen LogP contribution in [-0.4, -0.2) is 72.4 Å². The molecule has 0 spiro atoms. The molecule has 2 atom stereocenters. The Morgan fingerprint density at radius 1 is 1.06 bits per heavy atom. The zero-order valence-corrected chi connectivity index (χ0v) is 19.0. The number of fused-ring (bicyclic) bond motifs is 1. The molecule has 3 aliphatic rings. The van der Waals surface area contributed by atoms with Crippen molar-refractivity contribution in [3.63, 3.8) is 0 Å². The fourth-order valence-corrected chi connectivity index (χ4v) is 5.47. The van der Waals surface area contributed by atoms with Gasteiger partial charge in [0.05, 0.1) is 11.3 Å². The smallest absolute Gasteiger partial charge is 0.141 e. The van der Waals surface area contributed by atoms with E-state index < -0.39 is 0 Å². The Balaban J connectivity index is 1.38. The molecule has 2 aromatic rings. The van der Waals surface area contributed by atoms with Crippen molar-refractivity contribution < 1.29 is 0 Å². The summed E-state index contributed by atoms with van der Waals surface area (Å²) < 4.78 is 0. The van der Waals surface area contributed by atoms with Crippen LogP contribution in [0.3, 0.4) is 0 Å². The van der Waals surface area contributed by atoms with Gasteiger partial charge in [-0.05, 0) is 42.9 Å². The summed E-state index contributed by atoms with van der Waals surface area (Å²) >= 11 is 0. The minimum atomic E-state index is 0.394. The van der Waals surface area contributed by atoms with Crippen LogP contribution in [0.25, 0.3) is 5.57 Å². The number of nitrogens with zero attached hydrogens (tertiary/aromatic N) is 4. The number of hydrazine groups is 1. The Labute approximate surface area is 189 Å². The van der Waals surface area contributed by atoms with Gasteiger partial charge in [-0.15, -0.1) is 0 Å². The van der Waals surface area contributed by atoms with Crippen molar-refractivity contribution in [2.45, 2.75) is 18.9 Å². The zero-order chi connectivity index (χ0) is 22.2. The van der Waals surface area contributed by atoms with E-state index in [-0.39, 0.29) is 0 Å². The van der Waals surface area contributed by atoms with Crippen LogP contribution < -0.4 is 16.1 Å². The molecule has 1 aliphatic carbocycles. The van der Waals surface area contributed by atoms with E-state index in [9.17, 15) is 0 Å². The second-order valence-corrected chi connectivity index (χ2v) is 9.30. The van der Waals surface area contributed by atoms with E-state index in [0.717, 1.165) is 53.7 Å². The van der Waals surface area contributed by atoms with Crippen molar-refractivity contribution >= 4 is 22.9 Å². The fourth-order valence-electron chi connectivity index (χ4n) is 5.47. The number of hydrogen-bond acceptors (Lipinski definition) is 8. The third-order valence-corrected chi connectivity index (χ3v) is 7.02. The van der Waals surface area contributed by atoms with Gasteiger partial charge in [-0.3, -0.25) is 5.41 Å². The van der Waals surface area contributed by atoms with E-state index in [1.54, 1.807) is 6.33 Å². The highest BCUT2D eigenvalue weighted by Gasteiger charge is 2.40. The van der Waals surface area contributed by atoms with Crippen molar-refractivity contribution in [1.29, 1.82) is 5.41 Å². The Kier molecular flexibility index (Phi) is 5.57. The maximum atomic E-state index is 8.99. The summed E-state index contributed by atoms with van der Waals surface area (Å²) in [4.78, 5) is 11.4. The highest BCUT2D eigenvalue weighted by molar-refractivity contribution is 6.16. The van der Waals surface area contributed by atoms with Gasteiger partial charge in [-0.25, -0.2) is 15.4 Å². The molecule has 168 valence electrons. The summed E-state index contributed by atoms with van der Waals surface area (Å²) in [6.45, 7) is 3.19. The number of aromatic nitrogens is 2. The fraction of sp³-hybridized carbons (Fsp3) is 0.458. The van der Waals surface area contributed by atoms with Gasteiger partial charge in [0.15, 0.2) is 0 Å². The zero-order valence-electron chi connectivity index (χ0n) is 19.0. The predicted octanol–water partition coefficient (Wildman–Crippen LogP) is 2.48. The minimum absolute atomic E-state index is 0.394. The molecule has 1 aromatic heterocycles. The Bertz CT molecular complexity index is 1020. The van der Waals surface area contributed by atoms with Gasteiger partial charge < -0.3 is 20.5 Å². The first-order valence-electron chi connectivity index (χ1n) is 11.4.